The lowest BCUT2D eigenvalue weighted by molar-refractivity contribution is 0.338. The van der Waals surface area contributed by atoms with Crippen molar-refractivity contribution in [2.75, 3.05) is 0 Å². The van der Waals surface area contributed by atoms with Gasteiger partial charge in [0.2, 0.25) is 11.7 Å². The summed E-state index contributed by atoms with van der Waals surface area (Å²) in [6, 6.07) is 11.1. The van der Waals surface area contributed by atoms with Crippen LogP contribution in [0.4, 0.5) is 0 Å². The number of nitrogens with zero attached hydrogens (tertiary/aromatic N) is 2. The van der Waals surface area contributed by atoms with E-state index >= 15 is 0 Å². The fourth-order valence-electron chi connectivity index (χ4n) is 2.73. The van der Waals surface area contributed by atoms with E-state index in [0.717, 1.165) is 12.0 Å². The van der Waals surface area contributed by atoms with Gasteiger partial charge >= 0.3 is 0 Å². The molecule has 126 valence electrons. The van der Waals surface area contributed by atoms with Gasteiger partial charge in [-0.05, 0) is 34.9 Å². The van der Waals surface area contributed by atoms with E-state index in [0.29, 0.717) is 24.2 Å². The van der Waals surface area contributed by atoms with Gasteiger partial charge in [0.05, 0.1) is 6.54 Å². The average Bonchev–Trinajstić information content (AvgIpc) is 3.26. The second-order valence-corrected chi connectivity index (χ2v) is 7.00. The van der Waals surface area contributed by atoms with Crippen molar-refractivity contribution in [3.05, 3.63) is 58.1 Å². The Hall–Kier alpha value is -1.98. The molecule has 1 N–H and O–H groups in total. The molecule has 1 aromatic carbocycles. The first kappa shape index (κ1) is 16.9. The van der Waals surface area contributed by atoms with Crippen LogP contribution >= 0.6 is 11.3 Å². The van der Waals surface area contributed by atoms with Gasteiger partial charge in [-0.2, -0.15) is 16.3 Å². The summed E-state index contributed by atoms with van der Waals surface area (Å²) >= 11 is 1.63. The van der Waals surface area contributed by atoms with Crippen molar-refractivity contribution >= 4 is 11.3 Å². The molecule has 24 heavy (non-hydrogen) atoms. The molecule has 0 aliphatic rings. The molecule has 1 atom stereocenters. The molecule has 5 heteroatoms. The molecule has 0 aliphatic heterocycles. The molecule has 0 amide bonds. The number of hydrogen-bond donors (Lipinski definition) is 1. The second-order valence-electron chi connectivity index (χ2n) is 6.22. The molecule has 3 rings (SSSR count). The maximum absolute atomic E-state index is 5.37. The van der Waals surface area contributed by atoms with Crippen LogP contribution in [0.3, 0.4) is 0 Å². The number of hydrogen-bond acceptors (Lipinski definition) is 5. The maximum atomic E-state index is 5.37. The van der Waals surface area contributed by atoms with Crippen LogP contribution in [0.15, 0.2) is 45.6 Å². The Morgan fingerprint density at radius 2 is 1.96 bits per heavy atom. The van der Waals surface area contributed by atoms with Gasteiger partial charge in [-0.1, -0.05) is 50.2 Å². The van der Waals surface area contributed by atoms with Gasteiger partial charge in [0.15, 0.2) is 0 Å². The molecule has 2 aromatic heterocycles. The zero-order valence-electron chi connectivity index (χ0n) is 14.3. The summed E-state index contributed by atoms with van der Waals surface area (Å²) in [5.74, 6) is 1.74. The summed E-state index contributed by atoms with van der Waals surface area (Å²) in [7, 11) is 0. The van der Waals surface area contributed by atoms with Gasteiger partial charge in [0, 0.05) is 17.0 Å². The minimum atomic E-state index is 0.257. The summed E-state index contributed by atoms with van der Waals surface area (Å²) in [6.07, 6.45) is 1.06. The molecule has 0 saturated heterocycles. The summed E-state index contributed by atoms with van der Waals surface area (Å²) in [6.45, 7) is 7.18. The van der Waals surface area contributed by atoms with Gasteiger partial charge in [-0.3, -0.25) is 0 Å². The number of rotatable bonds is 7. The third-order valence-electron chi connectivity index (χ3n) is 4.13. The Balaban J connectivity index is 1.68. The number of aryl methyl sites for hydroxylation is 1. The molecule has 3 aromatic rings. The Morgan fingerprint density at radius 3 is 2.58 bits per heavy atom. The normalized spacial score (nSPS) is 12.7. The molecule has 4 nitrogen and oxygen atoms in total. The van der Waals surface area contributed by atoms with Crippen molar-refractivity contribution in [3.63, 3.8) is 0 Å². The van der Waals surface area contributed by atoms with Crippen molar-refractivity contribution in [2.45, 2.75) is 39.8 Å². The van der Waals surface area contributed by atoms with E-state index in [4.69, 9.17) is 4.52 Å². The van der Waals surface area contributed by atoms with Crippen LogP contribution in [-0.4, -0.2) is 10.1 Å². The van der Waals surface area contributed by atoms with Crippen LogP contribution in [0.1, 0.15) is 43.8 Å². The van der Waals surface area contributed by atoms with Gasteiger partial charge < -0.3 is 9.84 Å². The van der Waals surface area contributed by atoms with Gasteiger partial charge in [0.1, 0.15) is 0 Å². The highest BCUT2D eigenvalue weighted by atomic mass is 32.1. The van der Waals surface area contributed by atoms with E-state index in [1.165, 1.54) is 11.1 Å². The van der Waals surface area contributed by atoms with E-state index in [1.807, 2.05) is 16.8 Å². The first-order valence-electron chi connectivity index (χ1n) is 8.34. The van der Waals surface area contributed by atoms with Crippen LogP contribution in [0.25, 0.3) is 11.4 Å². The highest BCUT2D eigenvalue weighted by Gasteiger charge is 2.17. The monoisotopic (exact) mass is 341 g/mol. The largest absolute Gasteiger partial charge is 0.338 e. The zero-order valence-corrected chi connectivity index (χ0v) is 15.1. The lowest BCUT2D eigenvalue weighted by Gasteiger charge is -2.22. The Bertz CT molecular complexity index is 747. The smallest absolute Gasteiger partial charge is 0.240 e. The van der Waals surface area contributed by atoms with Gasteiger partial charge in [-0.25, -0.2) is 0 Å². The minimum absolute atomic E-state index is 0.257. The Kier molecular flexibility index (Phi) is 5.43. The summed E-state index contributed by atoms with van der Waals surface area (Å²) in [5, 5.41) is 11.6. The highest BCUT2D eigenvalue weighted by Crippen LogP contribution is 2.23. The maximum Gasteiger partial charge on any atom is 0.240 e. The molecule has 1 unspecified atom stereocenters. The molecular weight excluding hydrogens is 318 g/mol. The quantitative estimate of drug-likeness (QED) is 0.667. The van der Waals surface area contributed by atoms with Crippen molar-refractivity contribution < 1.29 is 4.52 Å². The predicted molar refractivity (Wildman–Crippen MR) is 97.8 cm³/mol. The molecule has 0 spiro atoms. The van der Waals surface area contributed by atoms with Gasteiger partial charge in [0.25, 0.3) is 0 Å². The Morgan fingerprint density at radius 1 is 1.17 bits per heavy atom. The van der Waals surface area contributed by atoms with Crippen LogP contribution in [0.5, 0.6) is 0 Å². The SMILES string of the molecule is CCc1ccc(C(NCc2nc(-c3ccsc3)no2)C(C)C)cc1. The van der Waals surface area contributed by atoms with Crippen LogP contribution in [0, 0.1) is 5.92 Å². The lowest BCUT2D eigenvalue weighted by atomic mass is 9.95. The zero-order chi connectivity index (χ0) is 16.9. The minimum Gasteiger partial charge on any atom is -0.338 e. The fraction of sp³-hybridized carbons (Fsp3) is 0.368. The van der Waals surface area contributed by atoms with Crippen LogP contribution < -0.4 is 5.32 Å². The lowest BCUT2D eigenvalue weighted by Crippen LogP contribution is -2.25. The topological polar surface area (TPSA) is 51.0 Å². The molecule has 0 saturated carbocycles. The molecule has 0 aliphatic carbocycles. The summed E-state index contributed by atoms with van der Waals surface area (Å²) < 4.78 is 5.37. The van der Waals surface area contributed by atoms with E-state index in [-0.39, 0.29) is 6.04 Å². The van der Waals surface area contributed by atoms with E-state index in [1.54, 1.807) is 11.3 Å². The number of nitrogens with one attached hydrogen (secondary N) is 1. The van der Waals surface area contributed by atoms with Crippen LogP contribution in [-0.2, 0) is 13.0 Å². The molecule has 0 fully saturated rings. The molecule has 0 radical (unpaired) electrons. The van der Waals surface area contributed by atoms with Crippen molar-refractivity contribution in [1.82, 2.24) is 15.5 Å². The summed E-state index contributed by atoms with van der Waals surface area (Å²) in [5.41, 5.74) is 3.66. The molecular formula is C19H23N3OS. The fourth-order valence-corrected chi connectivity index (χ4v) is 3.37. The van der Waals surface area contributed by atoms with E-state index in [9.17, 15) is 0 Å². The Labute approximate surface area is 146 Å². The number of thiophene rings is 1. The number of aromatic nitrogens is 2. The molecule has 2 heterocycles. The highest BCUT2D eigenvalue weighted by molar-refractivity contribution is 7.08. The average molecular weight is 341 g/mol. The molecule has 0 bridgehead atoms. The van der Waals surface area contributed by atoms with Crippen molar-refractivity contribution in [3.8, 4) is 11.4 Å². The predicted octanol–water partition coefficient (Wildman–Crippen LogP) is 4.85. The third-order valence-corrected chi connectivity index (χ3v) is 4.82. The first-order chi connectivity index (χ1) is 11.7. The second kappa shape index (κ2) is 7.73. The van der Waals surface area contributed by atoms with Gasteiger partial charge in [-0.15, -0.1) is 0 Å². The van der Waals surface area contributed by atoms with E-state index < -0.39 is 0 Å². The van der Waals surface area contributed by atoms with Crippen molar-refractivity contribution in [2.24, 2.45) is 5.92 Å². The third kappa shape index (κ3) is 3.91. The summed E-state index contributed by atoms with van der Waals surface area (Å²) in [4.78, 5) is 4.47. The van der Waals surface area contributed by atoms with Crippen LogP contribution in [0.2, 0.25) is 0 Å². The van der Waals surface area contributed by atoms with Crippen molar-refractivity contribution in [1.29, 1.82) is 0 Å². The standard InChI is InChI=1S/C19H23N3OS/c1-4-14-5-7-15(8-6-14)18(13(2)3)20-11-17-21-19(22-23-17)16-9-10-24-12-16/h5-10,12-13,18,20H,4,11H2,1-3H3. The number of benzene rings is 1. The van der Waals surface area contributed by atoms with E-state index in [2.05, 4.69) is 60.5 Å². The first-order valence-corrected chi connectivity index (χ1v) is 9.29.